The molecule has 0 saturated carbocycles. The van der Waals surface area contributed by atoms with Crippen molar-refractivity contribution in [2.45, 2.75) is 31.8 Å². The first kappa shape index (κ1) is 13.8. The van der Waals surface area contributed by atoms with Gasteiger partial charge in [0.15, 0.2) is 0 Å². The Kier molecular flexibility index (Phi) is 4.42. The quantitative estimate of drug-likeness (QED) is 0.723. The van der Waals surface area contributed by atoms with E-state index in [1.807, 2.05) is 0 Å². The van der Waals surface area contributed by atoms with Crippen molar-refractivity contribution >= 4 is 43.2 Å². The predicted molar refractivity (Wildman–Crippen MR) is 88.7 cm³/mol. The van der Waals surface area contributed by atoms with Crippen molar-refractivity contribution in [1.82, 2.24) is 5.32 Å². The van der Waals surface area contributed by atoms with Crippen LogP contribution in [0.25, 0.3) is 0 Å². The van der Waals surface area contributed by atoms with E-state index in [9.17, 15) is 0 Å². The maximum atomic E-state index is 3.70. The SMILES string of the molecule is Brc1cc(CNC2CCCc3ccccc32)sc1Br. The Hall–Kier alpha value is -0.160. The molecular formula is C15H15Br2NS. The third kappa shape index (κ3) is 3.13. The van der Waals surface area contributed by atoms with Gasteiger partial charge in [0.05, 0.1) is 3.79 Å². The Balaban J connectivity index is 1.71. The van der Waals surface area contributed by atoms with Crippen LogP contribution in [0.5, 0.6) is 0 Å². The summed E-state index contributed by atoms with van der Waals surface area (Å²) >= 11 is 8.89. The van der Waals surface area contributed by atoms with Crippen LogP contribution in [0.3, 0.4) is 0 Å². The highest BCUT2D eigenvalue weighted by Crippen LogP contribution is 2.34. The third-order valence-corrected chi connectivity index (χ3v) is 6.84. The zero-order valence-corrected chi connectivity index (χ0v) is 14.4. The number of hydrogen-bond acceptors (Lipinski definition) is 2. The summed E-state index contributed by atoms with van der Waals surface area (Å²) in [6.45, 7) is 0.938. The molecule has 1 atom stereocenters. The number of thiophene rings is 1. The molecule has 0 amide bonds. The standard InChI is InChI=1S/C15H15Br2NS/c16-13-8-11(19-15(13)17)9-18-14-7-3-5-10-4-1-2-6-12(10)14/h1-2,4,6,8,14,18H,3,5,7,9H2. The Morgan fingerprint density at radius 2 is 2.11 bits per heavy atom. The highest BCUT2D eigenvalue weighted by Gasteiger charge is 2.19. The lowest BCUT2D eigenvalue weighted by atomic mass is 9.88. The molecule has 100 valence electrons. The van der Waals surface area contributed by atoms with Crippen LogP contribution >= 0.6 is 43.2 Å². The van der Waals surface area contributed by atoms with Crippen LogP contribution in [0.2, 0.25) is 0 Å². The summed E-state index contributed by atoms with van der Waals surface area (Å²) in [5.41, 5.74) is 3.00. The highest BCUT2D eigenvalue weighted by atomic mass is 79.9. The van der Waals surface area contributed by atoms with Gasteiger partial charge in [0.2, 0.25) is 0 Å². The van der Waals surface area contributed by atoms with Crippen molar-refractivity contribution < 1.29 is 0 Å². The zero-order chi connectivity index (χ0) is 13.2. The van der Waals surface area contributed by atoms with Crippen molar-refractivity contribution in [2.75, 3.05) is 0 Å². The molecule has 0 fully saturated rings. The minimum atomic E-state index is 0.504. The first-order chi connectivity index (χ1) is 9.24. The van der Waals surface area contributed by atoms with Crippen molar-refractivity contribution in [3.05, 3.63) is 54.6 Å². The normalized spacial score (nSPS) is 18.3. The van der Waals surface area contributed by atoms with Crippen molar-refractivity contribution in [3.8, 4) is 0 Å². The molecule has 1 aromatic heterocycles. The molecule has 1 aliphatic carbocycles. The van der Waals surface area contributed by atoms with E-state index in [0.717, 1.165) is 11.0 Å². The van der Waals surface area contributed by atoms with E-state index in [-0.39, 0.29) is 0 Å². The molecule has 0 radical (unpaired) electrons. The highest BCUT2D eigenvalue weighted by molar-refractivity contribution is 9.13. The Morgan fingerprint density at radius 1 is 1.26 bits per heavy atom. The molecule has 2 aromatic rings. The fourth-order valence-electron chi connectivity index (χ4n) is 2.67. The van der Waals surface area contributed by atoms with E-state index in [4.69, 9.17) is 0 Å². The van der Waals surface area contributed by atoms with E-state index < -0.39 is 0 Å². The van der Waals surface area contributed by atoms with E-state index in [0.29, 0.717) is 6.04 Å². The summed E-state index contributed by atoms with van der Waals surface area (Å²) in [5.74, 6) is 0. The molecule has 0 spiro atoms. The summed E-state index contributed by atoms with van der Waals surface area (Å²) in [7, 11) is 0. The Bertz CT molecular complexity index is 560. The van der Waals surface area contributed by atoms with Crippen LogP contribution in [0.1, 0.15) is 34.9 Å². The van der Waals surface area contributed by atoms with Gasteiger partial charge in [0.1, 0.15) is 0 Å². The van der Waals surface area contributed by atoms with Gasteiger partial charge in [-0.3, -0.25) is 0 Å². The molecule has 1 N–H and O–H groups in total. The summed E-state index contributed by atoms with van der Waals surface area (Å²) in [5, 5.41) is 3.70. The van der Waals surface area contributed by atoms with Gasteiger partial charge < -0.3 is 5.32 Å². The smallest absolute Gasteiger partial charge is 0.0843 e. The van der Waals surface area contributed by atoms with Gasteiger partial charge in [-0.15, -0.1) is 11.3 Å². The molecule has 1 heterocycles. The largest absolute Gasteiger partial charge is 0.305 e. The maximum Gasteiger partial charge on any atom is 0.0843 e. The molecule has 0 saturated heterocycles. The molecule has 0 bridgehead atoms. The monoisotopic (exact) mass is 399 g/mol. The second kappa shape index (κ2) is 6.08. The van der Waals surface area contributed by atoms with E-state index in [1.54, 1.807) is 11.3 Å². The second-order valence-corrected chi connectivity index (χ2v) is 8.17. The number of halogens is 2. The molecule has 1 nitrogen and oxygen atoms in total. The molecule has 19 heavy (non-hydrogen) atoms. The number of benzene rings is 1. The zero-order valence-electron chi connectivity index (χ0n) is 10.5. The minimum absolute atomic E-state index is 0.504. The fraction of sp³-hybridized carbons (Fsp3) is 0.333. The van der Waals surface area contributed by atoms with Gasteiger partial charge in [-0.1, -0.05) is 24.3 Å². The molecule has 3 rings (SSSR count). The Morgan fingerprint density at radius 3 is 2.89 bits per heavy atom. The summed E-state index contributed by atoms with van der Waals surface area (Å²) in [6.07, 6.45) is 3.75. The first-order valence-corrected chi connectivity index (χ1v) is 8.89. The van der Waals surface area contributed by atoms with Crippen molar-refractivity contribution in [1.29, 1.82) is 0 Å². The average molecular weight is 401 g/mol. The summed E-state index contributed by atoms with van der Waals surface area (Å²) < 4.78 is 2.33. The summed E-state index contributed by atoms with van der Waals surface area (Å²) in [6, 6.07) is 11.5. The lowest BCUT2D eigenvalue weighted by Gasteiger charge is -2.26. The second-order valence-electron chi connectivity index (χ2n) is 4.86. The average Bonchev–Trinajstić information content (AvgIpc) is 2.75. The predicted octanol–water partition coefficient (Wildman–Crippen LogP) is 5.44. The molecule has 1 aliphatic rings. The van der Waals surface area contributed by atoms with Crippen LogP contribution < -0.4 is 5.32 Å². The van der Waals surface area contributed by atoms with Gasteiger partial charge in [-0.2, -0.15) is 0 Å². The van der Waals surface area contributed by atoms with Crippen LogP contribution in [0.4, 0.5) is 0 Å². The molecule has 0 aliphatic heterocycles. The van der Waals surface area contributed by atoms with E-state index in [2.05, 4.69) is 67.5 Å². The van der Waals surface area contributed by atoms with Gasteiger partial charge >= 0.3 is 0 Å². The number of fused-ring (bicyclic) bond motifs is 1. The first-order valence-electron chi connectivity index (χ1n) is 6.49. The number of nitrogens with one attached hydrogen (secondary N) is 1. The lowest BCUT2D eigenvalue weighted by molar-refractivity contribution is 0.461. The van der Waals surface area contributed by atoms with Crippen LogP contribution in [0, 0.1) is 0 Å². The van der Waals surface area contributed by atoms with Gasteiger partial charge in [0, 0.05) is 21.9 Å². The minimum Gasteiger partial charge on any atom is -0.305 e. The fourth-order valence-corrected chi connectivity index (χ4v) is 4.80. The van der Waals surface area contributed by atoms with E-state index >= 15 is 0 Å². The maximum absolute atomic E-state index is 3.70. The number of hydrogen-bond donors (Lipinski definition) is 1. The summed E-state index contributed by atoms with van der Waals surface area (Å²) in [4.78, 5) is 1.36. The Labute approximate surface area is 134 Å². The topological polar surface area (TPSA) is 12.0 Å². The number of aryl methyl sites for hydroxylation is 1. The molecular weight excluding hydrogens is 386 g/mol. The van der Waals surface area contributed by atoms with Crippen molar-refractivity contribution in [2.24, 2.45) is 0 Å². The lowest BCUT2D eigenvalue weighted by Crippen LogP contribution is -2.24. The molecule has 1 unspecified atom stereocenters. The number of rotatable bonds is 3. The van der Waals surface area contributed by atoms with Crippen LogP contribution in [-0.4, -0.2) is 0 Å². The van der Waals surface area contributed by atoms with Crippen LogP contribution in [-0.2, 0) is 13.0 Å². The van der Waals surface area contributed by atoms with Gasteiger partial charge in [-0.05, 0) is 68.3 Å². The van der Waals surface area contributed by atoms with E-state index in [1.165, 1.54) is 39.1 Å². The molecule has 1 aromatic carbocycles. The van der Waals surface area contributed by atoms with Crippen LogP contribution in [0.15, 0.2) is 38.6 Å². The van der Waals surface area contributed by atoms with Crippen molar-refractivity contribution in [3.63, 3.8) is 0 Å². The molecule has 4 heteroatoms. The third-order valence-electron chi connectivity index (χ3n) is 3.59. The van der Waals surface area contributed by atoms with Gasteiger partial charge in [-0.25, -0.2) is 0 Å². The van der Waals surface area contributed by atoms with Gasteiger partial charge in [0.25, 0.3) is 0 Å².